The van der Waals surface area contributed by atoms with Crippen LogP contribution in [0, 0.1) is 0 Å². The molecule has 1 saturated heterocycles. The molecule has 3 heterocycles. The highest BCUT2D eigenvalue weighted by molar-refractivity contribution is 9.10. The minimum Gasteiger partial charge on any atom is -0.383 e. The summed E-state index contributed by atoms with van der Waals surface area (Å²) in [6.07, 6.45) is 0.512. The number of hydrogen-bond acceptors (Lipinski definition) is 3. The average molecular weight is 468 g/mol. The zero-order chi connectivity index (χ0) is 20.8. The van der Waals surface area contributed by atoms with Crippen LogP contribution in [0.1, 0.15) is 22.9 Å². The number of para-hydroxylation sites is 1. The van der Waals surface area contributed by atoms with Crippen molar-refractivity contribution in [1.29, 1.82) is 0 Å². The van der Waals surface area contributed by atoms with Crippen molar-refractivity contribution in [1.82, 2.24) is 14.8 Å². The largest absolute Gasteiger partial charge is 0.383 e. The van der Waals surface area contributed by atoms with Crippen LogP contribution < -0.4 is 0 Å². The van der Waals surface area contributed by atoms with Crippen LogP contribution in [0.3, 0.4) is 0 Å². The molecule has 7 heteroatoms. The maximum Gasteiger partial charge on any atom is 0.246 e. The lowest BCUT2D eigenvalue weighted by Gasteiger charge is -2.47. The Balaban J connectivity index is 1.67. The standard InChI is InChI=1S/C23H22BrN3O3/c1-30-10-9-26-13-20(28)27-19(23(26)29)12-17-16-7-2-3-8-18(16)25-21(17)22(27)14-5-4-6-15(24)11-14/h2-8,11,19,22,25H,9-10,12-13H2,1H3/t19-,22+/m0/s1. The molecular weight excluding hydrogens is 446 g/mol. The molecule has 0 bridgehead atoms. The van der Waals surface area contributed by atoms with Gasteiger partial charge in [0.25, 0.3) is 0 Å². The number of H-pyrrole nitrogens is 1. The van der Waals surface area contributed by atoms with Crippen LogP contribution in [0.4, 0.5) is 0 Å². The molecule has 0 saturated carbocycles. The van der Waals surface area contributed by atoms with Crippen molar-refractivity contribution in [2.75, 3.05) is 26.8 Å². The first-order valence-corrected chi connectivity index (χ1v) is 10.8. The van der Waals surface area contributed by atoms with Crippen LogP contribution in [0.5, 0.6) is 0 Å². The van der Waals surface area contributed by atoms with Crippen LogP contribution in [-0.2, 0) is 20.7 Å². The molecule has 2 amide bonds. The lowest BCUT2D eigenvalue weighted by molar-refractivity contribution is -0.159. The first-order valence-electron chi connectivity index (χ1n) is 10.0. The van der Waals surface area contributed by atoms with Crippen molar-refractivity contribution < 1.29 is 14.3 Å². The van der Waals surface area contributed by atoms with Gasteiger partial charge in [-0.15, -0.1) is 0 Å². The van der Waals surface area contributed by atoms with Crippen molar-refractivity contribution in [3.63, 3.8) is 0 Å². The molecule has 0 aliphatic carbocycles. The molecule has 2 aliphatic rings. The van der Waals surface area contributed by atoms with Crippen molar-refractivity contribution in [2.24, 2.45) is 0 Å². The molecule has 0 spiro atoms. The zero-order valence-electron chi connectivity index (χ0n) is 16.6. The first-order chi connectivity index (χ1) is 14.6. The Morgan fingerprint density at radius 1 is 1.17 bits per heavy atom. The van der Waals surface area contributed by atoms with Gasteiger partial charge in [-0.2, -0.15) is 0 Å². The first kappa shape index (κ1) is 19.3. The number of amides is 2. The lowest BCUT2D eigenvalue weighted by atomic mass is 9.86. The molecule has 5 rings (SSSR count). The van der Waals surface area contributed by atoms with E-state index in [0.29, 0.717) is 19.6 Å². The number of aromatic nitrogens is 1. The van der Waals surface area contributed by atoms with E-state index in [2.05, 4.69) is 27.0 Å². The van der Waals surface area contributed by atoms with Crippen molar-refractivity contribution in [2.45, 2.75) is 18.5 Å². The van der Waals surface area contributed by atoms with E-state index in [-0.39, 0.29) is 24.4 Å². The number of carbonyl (C=O) groups excluding carboxylic acids is 2. The van der Waals surface area contributed by atoms with Crippen LogP contribution in [0.25, 0.3) is 10.9 Å². The van der Waals surface area contributed by atoms with Crippen molar-refractivity contribution in [3.05, 3.63) is 69.8 Å². The Hall–Kier alpha value is -2.64. The summed E-state index contributed by atoms with van der Waals surface area (Å²) in [6, 6.07) is 15.3. The van der Waals surface area contributed by atoms with Gasteiger partial charge < -0.3 is 19.5 Å². The van der Waals surface area contributed by atoms with Crippen LogP contribution in [0.15, 0.2) is 53.0 Å². The van der Waals surface area contributed by atoms with Gasteiger partial charge in [-0.3, -0.25) is 9.59 Å². The Labute approximate surface area is 182 Å². The van der Waals surface area contributed by atoms with Gasteiger partial charge in [0.1, 0.15) is 6.04 Å². The van der Waals surface area contributed by atoms with Gasteiger partial charge in [-0.25, -0.2) is 0 Å². The third kappa shape index (κ3) is 3.04. The molecule has 6 nitrogen and oxygen atoms in total. The Kier molecular flexibility index (Phi) is 4.87. The highest BCUT2D eigenvalue weighted by Crippen LogP contribution is 2.42. The fourth-order valence-corrected chi connectivity index (χ4v) is 5.15. The number of fused-ring (bicyclic) bond motifs is 4. The predicted molar refractivity (Wildman–Crippen MR) is 117 cm³/mol. The summed E-state index contributed by atoms with van der Waals surface area (Å²) in [6.45, 7) is 0.922. The number of aromatic amines is 1. The third-order valence-electron chi connectivity index (χ3n) is 6.07. The topological polar surface area (TPSA) is 65.6 Å². The normalized spacial score (nSPS) is 21.1. The van der Waals surface area contributed by atoms with Gasteiger partial charge in [0.15, 0.2) is 0 Å². The predicted octanol–water partition coefficient (Wildman–Crippen LogP) is 3.26. The zero-order valence-corrected chi connectivity index (χ0v) is 18.2. The van der Waals surface area contributed by atoms with Gasteiger partial charge in [0.2, 0.25) is 11.8 Å². The van der Waals surface area contributed by atoms with E-state index in [0.717, 1.165) is 32.2 Å². The second kappa shape index (κ2) is 7.56. The molecule has 0 radical (unpaired) electrons. The van der Waals surface area contributed by atoms with Crippen LogP contribution in [0.2, 0.25) is 0 Å². The summed E-state index contributed by atoms with van der Waals surface area (Å²) in [5, 5.41) is 1.11. The average Bonchev–Trinajstić information content (AvgIpc) is 3.12. The van der Waals surface area contributed by atoms with Gasteiger partial charge >= 0.3 is 0 Å². The van der Waals surface area contributed by atoms with E-state index in [1.165, 1.54) is 0 Å². The van der Waals surface area contributed by atoms with Gasteiger partial charge in [-0.1, -0.05) is 46.3 Å². The Morgan fingerprint density at radius 3 is 2.80 bits per heavy atom. The summed E-state index contributed by atoms with van der Waals surface area (Å²) in [4.78, 5) is 33.6. The second-order valence-corrected chi connectivity index (χ2v) is 8.71. The van der Waals surface area contributed by atoms with E-state index in [1.807, 2.05) is 42.5 Å². The van der Waals surface area contributed by atoms with Crippen molar-refractivity contribution >= 4 is 38.6 Å². The molecule has 2 aliphatic heterocycles. The second-order valence-electron chi connectivity index (χ2n) is 7.79. The van der Waals surface area contributed by atoms with E-state index in [1.54, 1.807) is 16.9 Å². The molecule has 3 aromatic rings. The number of benzene rings is 2. The van der Waals surface area contributed by atoms with E-state index >= 15 is 0 Å². The number of halogens is 1. The van der Waals surface area contributed by atoms with Crippen molar-refractivity contribution in [3.8, 4) is 0 Å². The Bertz CT molecular complexity index is 1140. The van der Waals surface area contributed by atoms with Gasteiger partial charge in [0.05, 0.1) is 19.2 Å². The SMILES string of the molecule is COCCN1CC(=O)N2[C@H](c3cccc(Br)c3)c3[nH]c4ccccc4c3C[C@H]2C1=O. The highest BCUT2D eigenvalue weighted by atomic mass is 79.9. The van der Waals surface area contributed by atoms with Gasteiger partial charge in [-0.05, 0) is 29.3 Å². The molecule has 154 valence electrons. The third-order valence-corrected chi connectivity index (χ3v) is 6.57. The summed E-state index contributed by atoms with van der Waals surface area (Å²) in [7, 11) is 1.60. The minimum atomic E-state index is -0.515. The Morgan fingerprint density at radius 2 is 2.00 bits per heavy atom. The maximum atomic E-state index is 13.4. The highest BCUT2D eigenvalue weighted by Gasteiger charge is 2.48. The number of nitrogens with zero attached hydrogens (tertiary/aromatic N) is 2. The van der Waals surface area contributed by atoms with Crippen LogP contribution in [-0.4, -0.2) is 59.4 Å². The molecule has 2 aromatic carbocycles. The molecule has 0 unspecified atom stereocenters. The molecule has 1 fully saturated rings. The summed E-state index contributed by atoms with van der Waals surface area (Å²) < 4.78 is 6.08. The molecule has 2 atom stereocenters. The summed E-state index contributed by atoms with van der Waals surface area (Å²) in [5.41, 5.74) is 4.12. The van der Waals surface area contributed by atoms with E-state index in [9.17, 15) is 9.59 Å². The number of hydrogen-bond donors (Lipinski definition) is 1. The number of nitrogens with one attached hydrogen (secondary N) is 1. The number of carbonyl (C=O) groups is 2. The van der Waals surface area contributed by atoms with E-state index < -0.39 is 6.04 Å². The van der Waals surface area contributed by atoms with E-state index in [4.69, 9.17) is 4.74 Å². The number of methoxy groups -OCH3 is 1. The fraction of sp³-hybridized carbons (Fsp3) is 0.304. The molecule has 1 N–H and O–H groups in total. The quantitative estimate of drug-likeness (QED) is 0.640. The van der Waals surface area contributed by atoms with Gasteiger partial charge in [0, 0.05) is 41.1 Å². The summed E-state index contributed by atoms with van der Waals surface area (Å²) in [5.74, 6) is -0.0486. The minimum absolute atomic E-state index is 0.0115. The van der Waals surface area contributed by atoms with Crippen LogP contribution >= 0.6 is 15.9 Å². The number of ether oxygens (including phenoxy) is 1. The smallest absolute Gasteiger partial charge is 0.246 e. The maximum absolute atomic E-state index is 13.4. The number of piperazine rings is 1. The fourth-order valence-electron chi connectivity index (χ4n) is 4.74. The monoisotopic (exact) mass is 467 g/mol. The number of rotatable bonds is 4. The molecule has 30 heavy (non-hydrogen) atoms. The lowest BCUT2D eigenvalue weighted by Crippen LogP contribution is -2.63. The molecule has 1 aromatic heterocycles. The molecular formula is C23H22BrN3O3. The summed E-state index contributed by atoms with van der Waals surface area (Å²) >= 11 is 3.55.